The lowest BCUT2D eigenvalue weighted by Crippen LogP contribution is -2.32. The molecule has 2 N–H and O–H groups in total. The van der Waals surface area contributed by atoms with Crippen LogP contribution in [0.15, 0.2) is 61.1 Å². The van der Waals surface area contributed by atoms with E-state index in [4.69, 9.17) is 11.6 Å². The number of anilines is 2. The van der Waals surface area contributed by atoms with Gasteiger partial charge in [-0.15, -0.1) is 0 Å². The van der Waals surface area contributed by atoms with E-state index in [9.17, 15) is 4.79 Å². The summed E-state index contributed by atoms with van der Waals surface area (Å²) in [5.74, 6) is 1.33. The van der Waals surface area contributed by atoms with Crippen LogP contribution >= 0.6 is 11.6 Å². The Balaban J connectivity index is 1.25. The molecule has 0 spiro atoms. The SMILES string of the molecule is Cc1cc(Nc2nccn3c(-c4ccc(Cl)cc4)cnc23)ccc1C(=O)NCCC1CCN(C)CC1. The number of fused-ring (bicyclic) bond motifs is 1. The molecule has 1 saturated heterocycles. The van der Waals surface area contributed by atoms with Crippen molar-refractivity contribution in [1.82, 2.24) is 24.6 Å². The summed E-state index contributed by atoms with van der Waals surface area (Å²) >= 11 is 6.04. The maximum Gasteiger partial charge on any atom is 0.251 e. The van der Waals surface area contributed by atoms with E-state index >= 15 is 0 Å². The minimum atomic E-state index is -0.0203. The van der Waals surface area contributed by atoms with Crippen molar-refractivity contribution in [2.24, 2.45) is 5.92 Å². The van der Waals surface area contributed by atoms with Crippen molar-refractivity contribution in [2.45, 2.75) is 26.2 Å². The Morgan fingerprint density at radius 3 is 2.64 bits per heavy atom. The molecule has 2 aromatic heterocycles. The second kappa shape index (κ2) is 10.7. The molecular weight excluding hydrogens is 472 g/mol. The molecule has 1 aliphatic rings. The van der Waals surface area contributed by atoms with Crippen molar-refractivity contribution in [3.63, 3.8) is 0 Å². The van der Waals surface area contributed by atoms with E-state index in [2.05, 4.69) is 32.5 Å². The van der Waals surface area contributed by atoms with Gasteiger partial charge in [0.1, 0.15) is 0 Å². The van der Waals surface area contributed by atoms with E-state index in [1.165, 1.54) is 12.8 Å². The molecule has 1 fully saturated rings. The van der Waals surface area contributed by atoms with Gasteiger partial charge in [0.2, 0.25) is 0 Å². The van der Waals surface area contributed by atoms with Crippen LogP contribution in [-0.4, -0.2) is 51.9 Å². The number of aryl methyl sites for hydroxylation is 1. The summed E-state index contributed by atoms with van der Waals surface area (Å²) in [7, 11) is 2.17. The Hall–Kier alpha value is -3.42. The highest BCUT2D eigenvalue weighted by Gasteiger charge is 2.17. The third kappa shape index (κ3) is 5.37. The molecule has 1 aliphatic heterocycles. The summed E-state index contributed by atoms with van der Waals surface area (Å²) in [6.45, 7) is 4.97. The number of hydrogen-bond acceptors (Lipinski definition) is 5. The number of amides is 1. The number of halogens is 1. The van der Waals surface area contributed by atoms with Crippen LogP contribution in [0.1, 0.15) is 35.2 Å². The topological polar surface area (TPSA) is 74.6 Å². The predicted molar refractivity (Wildman–Crippen MR) is 145 cm³/mol. The zero-order chi connectivity index (χ0) is 25.1. The first kappa shape index (κ1) is 24.3. The number of carbonyl (C=O) groups is 1. The highest BCUT2D eigenvalue weighted by atomic mass is 35.5. The minimum absolute atomic E-state index is 0.0203. The van der Waals surface area contributed by atoms with Crippen molar-refractivity contribution in [1.29, 1.82) is 0 Å². The van der Waals surface area contributed by atoms with Crippen LogP contribution in [0.3, 0.4) is 0 Å². The number of nitrogens with one attached hydrogen (secondary N) is 2. The number of nitrogens with zero attached hydrogens (tertiary/aromatic N) is 4. The third-order valence-corrected chi connectivity index (χ3v) is 7.23. The molecule has 186 valence electrons. The highest BCUT2D eigenvalue weighted by Crippen LogP contribution is 2.27. The predicted octanol–water partition coefficient (Wildman–Crippen LogP) is 5.56. The van der Waals surface area contributed by atoms with Crippen LogP contribution < -0.4 is 10.6 Å². The molecule has 8 heteroatoms. The van der Waals surface area contributed by atoms with Crippen molar-refractivity contribution < 1.29 is 4.79 Å². The van der Waals surface area contributed by atoms with E-state index in [-0.39, 0.29) is 5.91 Å². The number of benzene rings is 2. The molecule has 3 heterocycles. The number of imidazole rings is 1. The lowest BCUT2D eigenvalue weighted by atomic mass is 9.94. The van der Waals surface area contributed by atoms with Gasteiger partial charge in [-0.05, 0) is 88.1 Å². The van der Waals surface area contributed by atoms with Crippen molar-refractivity contribution >= 4 is 34.7 Å². The van der Waals surface area contributed by atoms with Crippen LogP contribution in [0.5, 0.6) is 0 Å². The van der Waals surface area contributed by atoms with Gasteiger partial charge in [0.15, 0.2) is 11.5 Å². The summed E-state index contributed by atoms with van der Waals surface area (Å²) in [5, 5.41) is 7.17. The average molecular weight is 503 g/mol. The molecular formula is C28H31ClN6O. The van der Waals surface area contributed by atoms with Crippen LogP contribution in [-0.2, 0) is 0 Å². The standard InChI is InChI=1S/C28H31ClN6O/c1-19-17-23(7-8-24(19)28(36)31-12-9-20-10-14-34(2)15-11-20)33-26-27-32-18-25(35(27)16-13-30-26)21-3-5-22(29)6-4-21/h3-8,13,16-18,20H,9-12,14-15H2,1-2H3,(H,30,33)(H,31,36). The Kier molecular flexibility index (Phi) is 7.20. The second-order valence-corrected chi connectivity index (χ2v) is 10.0. The number of rotatable bonds is 7. The molecule has 0 unspecified atom stereocenters. The molecule has 2 aromatic carbocycles. The van der Waals surface area contributed by atoms with Crippen molar-refractivity contribution in [3.8, 4) is 11.3 Å². The smallest absolute Gasteiger partial charge is 0.251 e. The van der Waals surface area contributed by atoms with Crippen LogP contribution in [0, 0.1) is 12.8 Å². The number of piperidine rings is 1. The normalized spacial score (nSPS) is 14.8. The lowest BCUT2D eigenvalue weighted by Gasteiger charge is -2.28. The Morgan fingerprint density at radius 1 is 1.11 bits per heavy atom. The Morgan fingerprint density at radius 2 is 1.89 bits per heavy atom. The molecule has 4 aromatic rings. The van der Waals surface area contributed by atoms with Crippen LogP contribution in [0.2, 0.25) is 5.02 Å². The molecule has 5 rings (SSSR count). The van der Waals surface area contributed by atoms with Crippen LogP contribution in [0.25, 0.3) is 16.9 Å². The number of hydrogen-bond donors (Lipinski definition) is 2. The number of likely N-dealkylation sites (tertiary alicyclic amines) is 1. The average Bonchev–Trinajstić information content (AvgIpc) is 3.31. The Labute approximate surface area is 216 Å². The number of carbonyl (C=O) groups excluding carboxylic acids is 1. The van der Waals surface area contributed by atoms with Crippen LogP contribution in [0.4, 0.5) is 11.5 Å². The first-order valence-corrected chi connectivity index (χ1v) is 12.8. The van der Waals surface area contributed by atoms with Crippen molar-refractivity contribution in [2.75, 3.05) is 32.0 Å². The molecule has 7 nitrogen and oxygen atoms in total. The van der Waals surface area contributed by atoms with E-state index < -0.39 is 0 Å². The number of aromatic nitrogens is 3. The van der Waals surface area contributed by atoms with Gasteiger partial charge in [-0.25, -0.2) is 9.97 Å². The summed E-state index contributed by atoms with van der Waals surface area (Å²) in [4.78, 5) is 24.3. The van der Waals surface area contributed by atoms with E-state index in [1.54, 1.807) is 6.20 Å². The zero-order valence-electron chi connectivity index (χ0n) is 20.7. The maximum atomic E-state index is 12.8. The van der Waals surface area contributed by atoms with Gasteiger partial charge in [-0.2, -0.15) is 0 Å². The fraction of sp³-hybridized carbons (Fsp3) is 0.321. The monoisotopic (exact) mass is 502 g/mol. The van der Waals surface area contributed by atoms with Gasteiger partial charge in [0, 0.05) is 40.8 Å². The minimum Gasteiger partial charge on any atom is -0.352 e. The molecule has 0 atom stereocenters. The zero-order valence-corrected chi connectivity index (χ0v) is 21.4. The maximum absolute atomic E-state index is 12.8. The fourth-order valence-corrected chi connectivity index (χ4v) is 4.94. The molecule has 36 heavy (non-hydrogen) atoms. The molecule has 0 bridgehead atoms. The first-order valence-electron chi connectivity index (χ1n) is 12.4. The molecule has 0 saturated carbocycles. The summed E-state index contributed by atoms with van der Waals surface area (Å²) in [5.41, 5.74) is 5.15. The first-order chi connectivity index (χ1) is 17.5. The largest absolute Gasteiger partial charge is 0.352 e. The summed E-state index contributed by atoms with van der Waals surface area (Å²) < 4.78 is 2.00. The van der Waals surface area contributed by atoms with Crippen molar-refractivity contribution in [3.05, 3.63) is 77.2 Å². The van der Waals surface area contributed by atoms with Gasteiger partial charge >= 0.3 is 0 Å². The molecule has 0 aliphatic carbocycles. The summed E-state index contributed by atoms with van der Waals surface area (Å²) in [6.07, 6.45) is 8.93. The van der Waals surface area contributed by atoms with E-state index in [0.717, 1.165) is 47.7 Å². The third-order valence-electron chi connectivity index (χ3n) is 6.98. The lowest BCUT2D eigenvalue weighted by molar-refractivity contribution is 0.0948. The highest BCUT2D eigenvalue weighted by molar-refractivity contribution is 6.30. The quantitative estimate of drug-likeness (QED) is 0.346. The fourth-order valence-electron chi connectivity index (χ4n) is 4.81. The molecule has 1 amide bonds. The summed E-state index contributed by atoms with van der Waals surface area (Å²) in [6, 6.07) is 13.4. The van der Waals surface area contributed by atoms with Gasteiger partial charge in [-0.3, -0.25) is 9.20 Å². The van der Waals surface area contributed by atoms with E-state index in [0.29, 0.717) is 28.9 Å². The molecule has 0 radical (unpaired) electrons. The van der Waals surface area contributed by atoms with E-state index in [1.807, 2.05) is 66.2 Å². The second-order valence-electron chi connectivity index (χ2n) is 9.57. The van der Waals surface area contributed by atoms with Gasteiger partial charge in [-0.1, -0.05) is 23.7 Å². The van der Waals surface area contributed by atoms with Gasteiger partial charge < -0.3 is 15.5 Å². The Bertz CT molecular complexity index is 1360. The van der Waals surface area contributed by atoms with Gasteiger partial charge in [0.05, 0.1) is 11.9 Å². The van der Waals surface area contributed by atoms with Gasteiger partial charge in [0.25, 0.3) is 5.91 Å².